The van der Waals surface area contributed by atoms with E-state index in [2.05, 4.69) is 25.8 Å². The monoisotopic (exact) mass is 300 g/mol. The van der Waals surface area contributed by atoms with Crippen LogP contribution in [0.25, 0.3) is 0 Å². The Hall–Kier alpha value is -1.82. The first-order valence-corrected chi connectivity index (χ1v) is 7.72. The summed E-state index contributed by atoms with van der Waals surface area (Å²) in [6, 6.07) is 0. The van der Waals surface area contributed by atoms with Crippen molar-refractivity contribution in [2.75, 3.05) is 0 Å². The second-order valence-electron chi connectivity index (χ2n) is 7.16. The van der Waals surface area contributed by atoms with Crippen molar-refractivity contribution in [1.82, 2.24) is 0 Å². The predicted molar refractivity (Wildman–Crippen MR) is 85.8 cm³/mol. The third kappa shape index (κ3) is 2.88. The summed E-state index contributed by atoms with van der Waals surface area (Å²) >= 11 is 0. The van der Waals surface area contributed by atoms with E-state index in [1.807, 2.05) is 20.8 Å². The van der Waals surface area contributed by atoms with Gasteiger partial charge in [0.25, 0.3) is 0 Å². The molecule has 0 spiro atoms. The molecule has 1 saturated carbocycles. The first-order chi connectivity index (χ1) is 10.2. The largest absolute Gasteiger partial charge is 0.457 e. The Morgan fingerprint density at radius 1 is 1.45 bits per heavy atom. The van der Waals surface area contributed by atoms with E-state index in [1.54, 1.807) is 0 Å². The van der Waals surface area contributed by atoms with Gasteiger partial charge in [-0.25, -0.2) is 0 Å². The van der Waals surface area contributed by atoms with Crippen molar-refractivity contribution < 1.29 is 14.3 Å². The fourth-order valence-corrected chi connectivity index (χ4v) is 3.34. The van der Waals surface area contributed by atoms with E-state index in [0.717, 1.165) is 5.57 Å². The molecule has 0 N–H and O–H groups in total. The molecule has 0 heterocycles. The van der Waals surface area contributed by atoms with Crippen LogP contribution >= 0.6 is 0 Å². The molecule has 3 heteroatoms. The van der Waals surface area contributed by atoms with Crippen LogP contribution in [0, 0.1) is 29.6 Å². The molecule has 0 saturated heterocycles. The summed E-state index contributed by atoms with van der Waals surface area (Å²) in [5, 5.41) is 0. The van der Waals surface area contributed by atoms with Gasteiger partial charge >= 0.3 is 5.97 Å². The minimum atomic E-state index is -0.438. The number of allylic oxidation sites excluding steroid dienone is 3. The number of ether oxygens (including phenoxy) is 1. The SMILES string of the molecule is C#CCC1=C(C)[C@H](OC(=O)[C@@H]2[C@H](C=C(C)C)C2(C)C)CC1=O. The highest BCUT2D eigenvalue weighted by atomic mass is 16.5. The standard InChI is InChI=1S/C19H24O3/c1-7-8-13-12(4)16(10-15(13)20)22-18(21)17-14(9-11(2)3)19(17,5)6/h1,9,14,16-17H,8,10H2,2-6H3/t14-,16+,17-/m0/s1. The zero-order valence-electron chi connectivity index (χ0n) is 14.0. The molecule has 1 fully saturated rings. The van der Waals surface area contributed by atoms with Crippen LogP contribution in [0.5, 0.6) is 0 Å². The molecule has 2 aliphatic carbocycles. The van der Waals surface area contributed by atoms with Crippen molar-refractivity contribution in [3.05, 3.63) is 22.8 Å². The van der Waals surface area contributed by atoms with Crippen LogP contribution in [0.1, 0.15) is 47.5 Å². The fraction of sp³-hybridized carbons (Fsp3) is 0.579. The average molecular weight is 300 g/mol. The van der Waals surface area contributed by atoms with Crippen LogP contribution in [-0.4, -0.2) is 17.9 Å². The Bertz CT molecular complexity index is 609. The summed E-state index contributed by atoms with van der Waals surface area (Å²) in [4.78, 5) is 24.4. The van der Waals surface area contributed by atoms with Crippen LogP contribution in [0.2, 0.25) is 0 Å². The minimum Gasteiger partial charge on any atom is -0.457 e. The summed E-state index contributed by atoms with van der Waals surface area (Å²) in [7, 11) is 0. The molecule has 118 valence electrons. The maximum Gasteiger partial charge on any atom is 0.310 e. The van der Waals surface area contributed by atoms with E-state index >= 15 is 0 Å². The van der Waals surface area contributed by atoms with Crippen LogP contribution < -0.4 is 0 Å². The highest BCUT2D eigenvalue weighted by Gasteiger charge is 2.61. The van der Waals surface area contributed by atoms with Gasteiger partial charge < -0.3 is 4.74 Å². The Labute approximate surface area is 132 Å². The van der Waals surface area contributed by atoms with Gasteiger partial charge in [-0.2, -0.15) is 0 Å². The van der Waals surface area contributed by atoms with Gasteiger partial charge in [-0.15, -0.1) is 12.3 Å². The molecule has 3 atom stereocenters. The van der Waals surface area contributed by atoms with Crippen molar-refractivity contribution in [3.63, 3.8) is 0 Å². The number of esters is 1. The predicted octanol–water partition coefficient (Wildman–Crippen LogP) is 3.45. The molecule has 2 aliphatic rings. The van der Waals surface area contributed by atoms with Gasteiger partial charge in [0.05, 0.1) is 12.3 Å². The van der Waals surface area contributed by atoms with E-state index in [-0.39, 0.29) is 35.4 Å². The van der Waals surface area contributed by atoms with Gasteiger partial charge in [0, 0.05) is 12.0 Å². The molecule has 0 aromatic carbocycles. The fourth-order valence-electron chi connectivity index (χ4n) is 3.34. The number of ketones is 1. The molecular weight excluding hydrogens is 276 g/mol. The lowest BCUT2D eigenvalue weighted by molar-refractivity contribution is -0.150. The Morgan fingerprint density at radius 2 is 2.09 bits per heavy atom. The van der Waals surface area contributed by atoms with Gasteiger partial charge in [0.2, 0.25) is 0 Å². The van der Waals surface area contributed by atoms with Gasteiger partial charge in [-0.3, -0.25) is 9.59 Å². The van der Waals surface area contributed by atoms with Crippen molar-refractivity contribution in [2.24, 2.45) is 17.3 Å². The number of terminal acetylenes is 1. The van der Waals surface area contributed by atoms with Crippen LogP contribution in [0.3, 0.4) is 0 Å². The zero-order valence-corrected chi connectivity index (χ0v) is 14.0. The molecule has 0 aromatic heterocycles. The summed E-state index contributed by atoms with van der Waals surface area (Å²) in [5.41, 5.74) is 2.58. The second-order valence-corrected chi connectivity index (χ2v) is 7.16. The van der Waals surface area contributed by atoms with E-state index < -0.39 is 6.10 Å². The number of carbonyl (C=O) groups excluding carboxylic acids is 2. The Balaban J connectivity index is 2.07. The maximum absolute atomic E-state index is 12.5. The number of hydrogen-bond acceptors (Lipinski definition) is 3. The number of rotatable bonds is 4. The third-order valence-corrected chi connectivity index (χ3v) is 4.88. The molecule has 0 amide bonds. The lowest BCUT2D eigenvalue weighted by atomic mass is 10.1. The average Bonchev–Trinajstić information content (AvgIpc) is 2.83. The van der Waals surface area contributed by atoms with Crippen LogP contribution in [0.15, 0.2) is 22.8 Å². The van der Waals surface area contributed by atoms with E-state index in [9.17, 15) is 9.59 Å². The van der Waals surface area contributed by atoms with E-state index in [4.69, 9.17) is 11.2 Å². The second kappa shape index (κ2) is 5.76. The Morgan fingerprint density at radius 3 is 2.64 bits per heavy atom. The molecule has 0 aromatic rings. The topological polar surface area (TPSA) is 43.4 Å². The van der Waals surface area contributed by atoms with Crippen molar-refractivity contribution in [3.8, 4) is 12.3 Å². The first kappa shape index (κ1) is 16.5. The van der Waals surface area contributed by atoms with Gasteiger partial charge in [-0.05, 0) is 37.7 Å². The summed E-state index contributed by atoms with van der Waals surface area (Å²) in [6.07, 6.45) is 7.53. The number of carbonyl (C=O) groups is 2. The maximum atomic E-state index is 12.5. The van der Waals surface area contributed by atoms with Crippen LogP contribution in [0.4, 0.5) is 0 Å². The van der Waals surface area contributed by atoms with Gasteiger partial charge in [-0.1, -0.05) is 25.5 Å². The lowest BCUT2D eigenvalue weighted by Crippen LogP contribution is -2.20. The molecule has 0 unspecified atom stereocenters. The van der Waals surface area contributed by atoms with Crippen molar-refractivity contribution in [2.45, 2.75) is 53.6 Å². The molecule has 0 radical (unpaired) electrons. The Kier molecular flexibility index (Phi) is 4.33. The highest BCUT2D eigenvalue weighted by Crippen LogP contribution is 2.60. The van der Waals surface area contributed by atoms with Gasteiger partial charge in [0.1, 0.15) is 6.10 Å². The molecule has 0 bridgehead atoms. The highest BCUT2D eigenvalue weighted by molar-refractivity contribution is 6.00. The molecular formula is C19H24O3. The molecule has 3 nitrogen and oxygen atoms in total. The summed E-state index contributed by atoms with van der Waals surface area (Å²) in [6.45, 7) is 10.1. The number of Topliss-reactive ketones (excluding diaryl/α,β-unsaturated/α-hetero) is 1. The zero-order chi connectivity index (χ0) is 16.7. The van der Waals surface area contributed by atoms with E-state index in [0.29, 0.717) is 12.0 Å². The third-order valence-electron chi connectivity index (χ3n) is 4.88. The number of hydrogen-bond donors (Lipinski definition) is 0. The normalized spacial score (nSPS) is 29.1. The van der Waals surface area contributed by atoms with Crippen LogP contribution in [-0.2, 0) is 14.3 Å². The summed E-state index contributed by atoms with van der Waals surface area (Å²) < 4.78 is 5.63. The van der Waals surface area contributed by atoms with Crippen molar-refractivity contribution in [1.29, 1.82) is 0 Å². The molecule has 2 rings (SSSR count). The molecule has 22 heavy (non-hydrogen) atoms. The first-order valence-electron chi connectivity index (χ1n) is 7.72. The summed E-state index contributed by atoms with van der Waals surface area (Å²) in [5.74, 6) is 2.39. The van der Waals surface area contributed by atoms with Gasteiger partial charge in [0.15, 0.2) is 5.78 Å². The van der Waals surface area contributed by atoms with Crippen molar-refractivity contribution >= 4 is 11.8 Å². The minimum absolute atomic E-state index is 0.00385. The lowest BCUT2D eigenvalue weighted by Gasteiger charge is -2.13. The quantitative estimate of drug-likeness (QED) is 0.454. The molecule has 0 aliphatic heterocycles. The van der Waals surface area contributed by atoms with E-state index in [1.165, 1.54) is 5.57 Å². The smallest absolute Gasteiger partial charge is 0.310 e.